The van der Waals surface area contributed by atoms with Gasteiger partial charge in [-0.1, -0.05) is 140 Å². The standard InChI is InChI=1S/C64H59ClN2O3/c1-40-30-49(38-50(31-40)67(48-24-27-59-61(39-48)69-29-28-68-59)57-26-21-46(37-56(57)65)63(5,6)7)66(47-22-19-45(20-23-47)62(2,3)4)51-33-43(32-44(34-51)60-36-42-14-10-13-17-58(42)70-60)41-18-25-53-52-15-11-12-16-54(52)64(8,9)55(53)35-41/h10-27,30-39H,28-29H2,1-9H3. The first-order chi connectivity index (χ1) is 33.5. The van der Waals surface area contributed by atoms with E-state index in [-0.39, 0.29) is 16.2 Å². The van der Waals surface area contributed by atoms with Gasteiger partial charge in [0.05, 0.1) is 16.4 Å². The highest BCUT2D eigenvalue weighted by atomic mass is 35.5. The summed E-state index contributed by atoms with van der Waals surface area (Å²) in [6.45, 7) is 21.3. The molecular formula is C64H59ClN2O3. The molecule has 1 aliphatic carbocycles. The molecule has 1 aromatic heterocycles. The normalized spacial score (nSPS) is 13.8. The van der Waals surface area contributed by atoms with Crippen molar-refractivity contribution in [1.82, 2.24) is 0 Å². The molecule has 0 unspecified atom stereocenters. The Morgan fingerprint density at radius 2 is 1.13 bits per heavy atom. The maximum Gasteiger partial charge on any atom is 0.163 e. The van der Waals surface area contributed by atoms with E-state index in [2.05, 4.69) is 224 Å². The van der Waals surface area contributed by atoms with E-state index in [1.807, 2.05) is 18.2 Å². The van der Waals surface area contributed by atoms with Crippen molar-refractivity contribution in [1.29, 1.82) is 0 Å². The monoisotopic (exact) mass is 938 g/mol. The Bertz CT molecular complexity index is 3440. The number of hydrogen-bond acceptors (Lipinski definition) is 5. The van der Waals surface area contributed by atoms with Gasteiger partial charge in [0.2, 0.25) is 0 Å². The number of halogens is 1. The molecule has 0 radical (unpaired) electrons. The van der Waals surface area contributed by atoms with E-state index < -0.39 is 0 Å². The lowest BCUT2D eigenvalue weighted by Gasteiger charge is -2.32. The highest BCUT2D eigenvalue weighted by Gasteiger charge is 2.35. The number of anilines is 6. The number of para-hydroxylation sites is 1. The quantitative estimate of drug-likeness (QED) is 0.152. The van der Waals surface area contributed by atoms with Crippen LogP contribution in [0.2, 0.25) is 5.02 Å². The van der Waals surface area contributed by atoms with Crippen molar-refractivity contribution in [2.45, 2.75) is 78.6 Å². The highest BCUT2D eigenvalue weighted by molar-refractivity contribution is 6.33. The van der Waals surface area contributed by atoms with Gasteiger partial charge in [-0.15, -0.1) is 0 Å². The molecule has 9 aromatic rings. The number of rotatable bonds is 8. The lowest BCUT2D eigenvalue weighted by molar-refractivity contribution is 0.171. The van der Waals surface area contributed by atoms with Crippen LogP contribution in [0.25, 0.3) is 44.5 Å². The van der Waals surface area contributed by atoms with Crippen molar-refractivity contribution in [3.63, 3.8) is 0 Å². The van der Waals surface area contributed by atoms with Crippen LogP contribution in [0.15, 0.2) is 174 Å². The van der Waals surface area contributed by atoms with Crippen molar-refractivity contribution in [2.24, 2.45) is 0 Å². The predicted octanol–water partition coefficient (Wildman–Crippen LogP) is 18.3. The number of ether oxygens (including phenoxy) is 2. The summed E-state index contributed by atoms with van der Waals surface area (Å²) in [6.07, 6.45) is 0. The maximum absolute atomic E-state index is 7.40. The molecule has 5 nitrogen and oxygen atoms in total. The van der Waals surface area contributed by atoms with E-state index in [0.717, 1.165) is 84.4 Å². The Morgan fingerprint density at radius 3 is 1.87 bits per heavy atom. The Kier molecular flexibility index (Phi) is 11.0. The van der Waals surface area contributed by atoms with Gasteiger partial charge in [0.15, 0.2) is 11.5 Å². The smallest absolute Gasteiger partial charge is 0.163 e. The molecule has 0 N–H and O–H groups in total. The van der Waals surface area contributed by atoms with Gasteiger partial charge in [0.1, 0.15) is 24.6 Å². The van der Waals surface area contributed by atoms with Crippen molar-refractivity contribution >= 4 is 56.7 Å². The molecule has 70 heavy (non-hydrogen) atoms. The molecule has 0 bridgehead atoms. The second-order valence-corrected chi connectivity index (χ2v) is 22.0. The average molecular weight is 940 g/mol. The van der Waals surface area contributed by atoms with Gasteiger partial charge in [-0.2, -0.15) is 0 Å². The van der Waals surface area contributed by atoms with E-state index in [0.29, 0.717) is 24.0 Å². The fourth-order valence-corrected chi connectivity index (χ4v) is 10.6. The van der Waals surface area contributed by atoms with E-state index in [1.165, 1.54) is 27.8 Å². The third kappa shape index (κ3) is 8.20. The van der Waals surface area contributed by atoms with E-state index in [4.69, 9.17) is 25.5 Å². The van der Waals surface area contributed by atoms with Crippen molar-refractivity contribution in [3.05, 3.63) is 203 Å². The molecule has 0 atom stereocenters. The summed E-state index contributed by atoms with van der Waals surface area (Å²) in [4.78, 5) is 4.63. The summed E-state index contributed by atoms with van der Waals surface area (Å²) in [5, 5.41) is 1.72. The molecule has 0 spiro atoms. The molecule has 2 heterocycles. The molecule has 11 rings (SSSR count). The number of fused-ring (bicyclic) bond motifs is 5. The number of benzene rings is 8. The SMILES string of the molecule is Cc1cc(N(c2ccc(C(C)(C)C)cc2)c2cc(-c3ccc4c(c3)C(C)(C)c3ccccc3-4)cc(-c3cc4ccccc4o3)c2)cc(N(c2ccc3c(c2)OCCO3)c2ccc(C(C)(C)C)cc2Cl)c1. The second kappa shape index (κ2) is 17.0. The zero-order valence-corrected chi connectivity index (χ0v) is 42.3. The summed E-state index contributed by atoms with van der Waals surface area (Å²) in [5.41, 5.74) is 18.3. The number of aryl methyl sites for hydroxylation is 1. The summed E-state index contributed by atoms with van der Waals surface area (Å²) in [7, 11) is 0. The number of furan rings is 1. The Morgan fingerprint density at radius 1 is 0.486 bits per heavy atom. The predicted molar refractivity (Wildman–Crippen MR) is 292 cm³/mol. The summed E-state index contributed by atoms with van der Waals surface area (Å²) < 4.78 is 18.9. The van der Waals surface area contributed by atoms with Crippen LogP contribution >= 0.6 is 11.6 Å². The number of hydrogen-bond donors (Lipinski definition) is 0. The number of nitrogens with zero attached hydrogens (tertiary/aromatic N) is 2. The van der Waals surface area contributed by atoms with Crippen LogP contribution in [0.1, 0.15) is 83.2 Å². The van der Waals surface area contributed by atoms with Crippen LogP contribution in [0.5, 0.6) is 11.5 Å². The fraction of sp³-hybridized carbons (Fsp3) is 0.219. The first-order valence-electron chi connectivity index (χ1n) is 24.4. The minimum absolute atomic E-state index is 0.0266. The zero-order valence-electron chi connectivity index (χ0n) is 41.6. The van der Waals surface area contributed by atoms with Gasteiger partial charge in [-0.05, 0) is 159 Å². The van der Waals surface area contributed by atoms with E-state index in [9.17, 15) is 0 Å². The third-order valence-electron chi connectivity index (χ3n) is 14.2. The first kappa shape index (κ1) is 45.2. The van der Waals surface area contributed by atoms with Crippen LogP contribution in [0.4, 0.5) is 34.1 Å². The van der Waals surface area contributed by atoms with Crippen LogP contribution in [-0.2, 0) is 16.2 Å². The van der Waals surface area contributed by atoms with Crippen LogP contribution in [-0.4, -0.2) is 13.2 Å². The van der Waals surface area contributed by atoms with E-state index in [1.54, 1.807) is 0 Å². The van der Waals surface area contributed by atoms with Crippen molar-refractivity contribution < 1.29 is 13.9 Å². The summed E-state index contributed by atoms with van der Waals surface area (Å²) in [5.74, 6) is 2.25. The second-order valence-electron chi connectivity index (χ2n) is 21.6. The highest BCUT2D eigenvalue weighted by Crippen LogP contribution is 2.51. The van der Waals surface area contributed by atoms with Crippen molar-refractivity contribution in [3.8, 4) is 45.1 Å². The van der Waals surface area contributed by atoms with Crippen LogP contribution in [0, 0.1) is 6.92 Å². The molecule has 2 aliphatic rings. The fourth-order valence-electron chi connectivity index (χ4n) is 10.4. The summed E-state index contributed by atoms with van der Waals surface area (Å²) >= 11 is 7.40. The molecular weight excluding hydrogens is 880 g/mol. The molecule has 0 amide bonds. The largest absolute Gasteiger partial charge is 0.486 e. The van der Waals surface area contributed by atoms with Crippen LogP contribution < -0.4 is 19.3 Å². The zero-order chi connectivity index (χ0) is 48.7. The molecule has 0 fully saturated rings. The Hall–Kier alpha value is -7.21. The lowest BCUT2D eigenvalue weighted by Crippen LogP contribution is -2.17. The minimum atomic E-state index is -0.154. The average Bonchev–Trinajstić information content (AvgIpc) is 3.88. The van der Waals surface area contributed by atoms with Gasteiger partial charge in [0.25, 0.3) is 0 Å². The molecule has 6 heteroatoms. The topological polar surface area (TPSA) is 38.1 Å². The third-order valence-corrected chi connectivity index (χ3v) is 14.5. The first-order valence-corrected chi connectivity index (χ1v) is 24.8. The molecule has 0 saturated heterocycles. The maximum atomic E-state index is 7.40. The minimum Gasteiger partial charge on any atom is -0.486 e. The van der Waals surface area contributed by atoms with Gasteiger partial charge in [-0.3, -0.25) is 0 Å². The molecule has 350 valence electrons. The molecule has 1 aliphatic heterocycles. The van der Waals surface area contributed by atoms with Crippen molar-refractivity contribution in [2.75, 3.05) is 23.0 Å². The van der Waals surface area contributed by atoms with Crippen LogP contribution in [0.3, 0.4) is 0 Å². The molecule has 8 aromatic carbocycles. The van der Waals surface area contributed by atoms with Gasteiger partial charge >= 0.3 is 0 Å². The van der Waals surface area contributed by atoms with Gasteiger partial charge < -0.3 is 23.7 Å². The van der Waals surface area contributed by atoms with E-state index >= 15 is 0 Å². The van der Waals surface area contributed by atoms with Gasteiger partial charge in [-0.25, -0.2) is 0 Å². The van der Waals surface area contributed by atoms with Gasteiger partial charge in [0, 0.05) is 45.2 Å². The lowest BCUT2D eigenvalue weighted by atomic mass is 9.81. The summed E-state index contributed by atoms with van der Waals surface area (Å²) in [6, 6.07) is 61.5. The Balaban J connectivity index is 1.14. The molecule has 0 saturated carbocycles. The Labute approximate surface area is 417 Å².